The second-order valence-electron chi connectivity index (χ2n) is 6.75. The first-order valence-corrected chi connectivity index (χ1v) is 9.13. The van der Waals surface area contributed by atoms with Crippen LogP contribution in [-0.4, -0.2) is 34.0 Å². The monoisotopic (exact) mass is 355 g/mol. The minimum absolute atomic E-state index is 0.00962. The van der Waals surface area contributed by atoms with E-state index in [4.69, 9.17) is 0 Å². The molecule has 26 heavy (non-hydrogen) atoms. The van der Waals surface area contributed by atoms with Crippen LogP contribution < -0.4 is 9.80 Å². The van der Waals surface area contributed by atoms with E-state index in [1.165, 1.54) is 6.33 Å². The van der Waals surface area contributed by atoms with Gasteiger partial charge in [0.25, 0.3) is 0 Å². The van der Waals surface area contributed by atoms with Gasteiger partial charge in [-0.2, -0.15) is 0 Å². The summed E-state index contributed by atoms with van der Waals surface area (Å²) in [5.74, 6) is 0.782. The average Bonchev–Trinajstić information content (AvgIpc) is 2.62. The van der Waals surface area contributed by atoms with E-state index in [1.807, 2.05) is 43.0 Å². The molecule has 3 rings (SSSR count). The predicted octanol–water partition coefficient (Wildman–Crippen LogP) is 4.23. The molecule has 1 aliphatic heterocycles. The summed E-state index contributed by atoms with van der Waals surface area (Å²) in [6.45, 7) is 7.44. The highest BCUT2D eigenvalue weighted by atomic mass is 16.6. The van der Waals surface area contributed by atoms with Crippen molar-refractivity contribution in [1.82, 2.24) is 9.97 Å². The Kier molecular flexibility index (Phi) is 5.35. The van der Waals surface area contributed by atoms with Crippen molar-refractivity contribution in [2.75, 3.05) is 22.9 Å². The smallest absolute Gasteiger partial charge is 0.348 e. The van der Waals surface area contributed by atoms with E-state index in [2.05, 4.69) is 21.8 Å². The van der Waals surface area contributed by atoms with E-state index in [0.717, 1.165) is 37.1 Å². The molecule has 1 aliphatic rings. The van der Waals surface area contributed by atoms with Gasteiger partial charge in [0.2, 0.25) is 11.6 Å². The molecule has 138 valence electrons. The molecule has 0 aliphatic carbocycles. The van der Waals surface area contributed by atoms with E-state index < -0.39 is 0 Å². The summed E-state index contributed by atoms with van der Waals surface area (Å²) < 4.78 is 0. The van der Waals surface area contributed by atoms with Crippen LogP contribution in [0, 0.1) is 17.0 Å². The molecule has 0 spiro atoms. The lowest BCUT2D eigenvalue weighted by molar-refractivity contribution is -0.383. The Morgan fingerprint density at radius 3 is 2.81 bits per heavy atom. The highest BCUT2D eigenvalue weighted by Gasteiger charge is 2.32. The standard InChI is InChI=1S/C19H25N5O2/c1-4-22(16-10-7-8-14(2)12-16)18-17(24(25)26)19(21-13-20-18)23-11-6-5-9-15(23)3/h7-8,10,12-13,15H,4-6,9,11H2,1-3H3. The molecule has 1 aromatic heterocycles. The first-order valence-electron chi connectivity index (χ1n) is 9.13. The van der Waals surface area contributed by atoms with Crippen LogP contribution in [0.25, 0.3) is 0 Å². The van der Waals surface area contributed by atoms with E-state index in [0.29, 0.717) is 18.2 Å². The SMILES string of the molecule is CCN(c1cccc(C)c1)c1ncnc(N2CCCCC2C)c1[N+](=O)[O-]. The molecule has 0 N–H and O–H groups in total. The zero-order valence-electron chi connectivity index (χ0n) is 15.6. The Morgan fingerprint density at radius 2 is 2.15 bits per heavy atom. The minimum atomic E-state index is -0.343. The van der Waals surface area contributed by atoms with Gasteiger partial charge in [-0.1, -0.05) is 12.1 Å². The lowest BCUT2D eigenvalue weighted by atomic mass is 10.0. The third kappa shape index (κ3) is 3.47. The van der Waals surface area contributed by atoms with Crippen molar-refractivity contribution in [2.45, 2.75) is 46.1 Å². The number of rotatable bonds is 5. The highest BCUT2D eigenvalue weighted by molar-refractivity contribution is 5.76. The second-order valence-corrected chi connectivity index (χ2v) is 6.75. The maximum atomic E-state index is 12.0. The van der Waals surface area contributed by atoms with Gasteiger partial charge in [-0.3, -0.25) is 10.1 Å². The number of anilines is 3. The fourth-order valence-corrected chi connectivity index (χ4v) is 3.59. The van der Waals surface area contributed by atoms with Crippen LogP contribution in [0.2, 0.25) is 0 Å². The molecule has 2 heterocycles. The van der Waals surface area contributed by atoms with Gasteiger partial charge < -0.3 is 9.80 Å². The molecule has 1 saturated heterocycles. The highest BCUT2D eigenvalue weighted by Crippen LogP contribution is 2.39. The van der Waals surface area contributed by atoms with Crippen LogP contribution in [-0.2, 0) is 0 Å². The molecule has 0 amide bonds. The summed E-state index contributed by atoms with van der Waals surface area (Å²) in [6, 6.07) is 8.16. The van der Waals surface area contributed by atoms with Crippen LogP contribution in [0.3, 0.4) is 0 Å². The van der Waals surface area contributed by atoms with Crippen molar-refractivity contribution in [3.05, 3.63) is 46.3 Å². The molecule has 1 fully saturated rings. The van der Waals surface area contributed by atoms with Gasteiger partial charge in [0, 0.05) is 24.8 Å². The summed E-state index contributed by atoms with van der Waals surface area (Å²) in [5.41, 5.74) is 1.99. The Hall–Kier alpha value is -2.70. The second kappa shape index (κ2) is 7.68. The number of hydrogen-bond donors (Lipinski definition) is 0. The van der Waals surface area contributed by atoms with Gasteiger partial charge in [0.1, 0.15) is 6.33 Å². The normalized spacial score (nSPS) is 17.2. The Morgan fingerprint density at radius 1 is 1.35 bits per heavy atom. The summed E-state index contributed by atoms with van der Waals surface area (Å²) in [4.78, 5) is 24.2. The first kappa shape index (κ1) is 18.1. The maximum Gasteiger partial charge on any atom is 0.354 e. The van der Waals surface area contributed by atoms with Crippen LogP contribution in [0.1, 0.15) is 38.7 Å². The summed E-state index contributed by atoms with van der Waals surface area (Å²) in [7, 11) is 0. The van der Waals surface area contributed by atoms with Crippen molar-refractivity contribution >= 4 is 23.0 Å². The van der Waals surface area contributed by atoms with E-state index >= 15 is 0 Å². The molecule has 1 aromatic carbocycles. The number of benzene rings is 1. The van der Waals surface area contributed by atoms with E-state index in [9.17, 15) is 10.1 Å². The van der Waals surface area contributed by atoms with Crippen molar-refractivity contribution < 1.29 is 4.92 Å². The number of nitrogens with zero attached hydrogens (tertiary/aromatic N) is 5. The van der Waals surface area contributed by atoms with Gasteiger partial charge >= 0.3 is 5.69 Å². The Bertz CT molecular complexity index is 795. The third-order valence-electron chi connectivity index (χ3n) is 4.93. The minimum Gasteiger partial charge on any atom is -0.348 e. The largest absolute Gasteiger partial charge is 0.354 e. The summed E-state index contributed by atoms with van der Waals surface area (Å²) in [5, 5.41) is 12.0. The van der Waals surface area contributed by atoms with Gasteiger partial charge in [0.05, 0.1) is 4.92 Å². The van der Waals surface area contributed by atoms with Crippen LogP contribution in [0.15, 0.2) is 30.6 Å². The molecule has 7 nitrogen and oxygen atoms in total. The average molecular weight is 355 g/mol. The van der Waals surface area contributed by atoms with Crippen molar-refractivity contribution in [3.8, 4) is 0 Å². The molecule has 7 heteroatoms. The number of aromatic nitrogens is 2. The molecular formula is C19H25N5O2. The van der Waals surface area contributed by atoms with Crippen molar-refractivity contribution in [1.29, 1.82) is 0 Å². The molecule has 0 saturated carbocycles. The predicted molar refractivity (Wildman–Crippen MR) is 103 cm³/mol. The quantitative estimate of drug-likeness (QED) is 0.590. The fraction of sp³-hybridized carbons (Fsp3) is 0.474. The van der Waals surface area contributed by atoms with E-state index in [1.54, 1.807) is 0 Å². The van der Waals surface area contributed by atoms with Crippen molar-refractivity contribution in [2.24, 2.45) is 0 Å². The Balaban J connectivity index is 2.11. The van der Waals surface area contributed by atoms with Gasteiger partial charge in [-0.25, -0.2) is 9.97 Å². The van der Waals surface area contributed by atoms with Crippen LogP contribution in [0.4, 0.5) is 23.0 Å². The topological polar surface area (TPSA) is 75.4 Å². The molecular weight excluding hydrogens is 330 g/mol. The third-order valence-corrected chi connectivity index (χ3v) is 4.93. The summed E-state index contributed by atoms with van der Waals surface area (Å²) in [6.07, 6.45) is 4.63. The van der Waals surface area contributed by atoms with Crippen molar-refractivity contribution in [3.63, 3.8) is 0 Å². The van der Waals surface area contributed by atoms with Gasteiger partial charge in [-0.05, 0) is 57.7 Å². The maximum absolute atomic E-state index is 12.0. The molecule has 1 unspecified atom stereocenters. The number of nitro groups is 1. The first-order chi connectivity index (χ1) is 12.5. The van der Waals surface area contributed by atoms with Crippen LogP contribution >= 0.6 is 0 Å². The Labute approximate surface area is 153 Å². The van der Waals surface area contributed by atoms with Gasteiger partial charge in [-0.15, -0.1) is 0 Å². The van der Waals surface area contributed by atoms with Crippen LogP contribution in [0.5, 0.6) is 0 Å². The summed E-state index contributed by atoms with van der Waals surface area (Å²) >= 11 is 0. The van der Waals surface area contributed by atoms with E-state index in [-0.39, 0.29) is 16.7 Å². The zero-order valence-corrected chi connectivity index (χ0v) is 15.6. The molecule has 1 atom stereocenters. The fourth-order valence-electron chi connectivity index (χ4n) is 3.59. The molecule has 0 radical (unpaired) electrons. The number of aryl methyl sites for hydroxylation is 1. The number of piperidine rings is 1. The molecule has 0 bridgehead atoms. The number of hydrogen-bond acceptors (Lipinski definition) is 6. The lowest BCUT2D eigenvalue weighted by Gasteiger charge is -2.34. The lowest BCUT2D eigenvalue weighted by Crippen LogP contribution is -2.38. The zero-order chi connectivity index (χ0) is 18.7. The molecule has 2 aromatic rings. The van der Waals surface area contributed by atoms with Gasteiger partial charge in [0.15, 0.2) is 0 Å².